The van der Waals surface area contributed by atoms with Crippen molar-refractivity contribution in [3.63, 3.8) is 0 Å². The molecule has 0 amide bonds. The molecule has 2 rings (SSSR count). The Bertz CT molecular complexity index is 476. The van der Waals surface area contributed by atoms with Gasteiger partial charge >= 0.3 is 0 Å². The van der Waals surface area contributed by atoms with E-state index in [9.17, 15) is 0 Å². The van der Waals surface area contributed by atoms with Gasteiger partial charge in [-0.15, -0.1) is 0 Å². The summed E-state index contributed by atoms with van der Waals surface area (Å²) in [6.07, 6.45) is 5.79. The Hall–Kier alpha value is -0.580. The van der Waals surface area contributed by atoms with E-state index in [0.717, 1.165) is 35.9 Å². The molecule has 0 bridgehead atoms. The summed E-state index contributed by atoms with van der Waals surface area (Å²) in [6, 6.07) is 4.36. The molecule has 3 atom stereocenters. The van der Waals surface area contributed by atoms with Crippen molar-refractivity contribution in [2.45, 2.75) is 64.2 Å². The van der Waals surface area contributed by atoms with Gasteiger partial charge in [0.15, 0.2) is 0 Å². The van der Waals surface area contributed by atoms with Gasteiger partial charge in [-0.05, 0) is 62.8 Å². The highest BCUT2D eigenvalue weighted by Gasteiger charge is 2.24. The molecule has 0 heterocycles. The third-order valence-corrected chi connectivity index (χ3v) is 4.51. The molecule has 3 nitrogen and oxygen atoms in total. The number of methoxy groups -OCH3 is 1. The lowest BCUT2D eigenvalue weighted by Crippen LogP contribution is -2.30. The summed E-state index contributed by atoms with van der Waals surface area (Å²) in [6.45, 7) is 4.13. The van der Waals surface area contributed by atoms with Crippen LogP contribution in [0.15, 0.2) is 16.6 Å². The first kappa shape index (κ1) is 16.8. The molecule has 0 radical (unpaired) electrons. The van der Waals surface area contributed by atoms with Crippen LogP contribution in [-0.4, -0.2) is 25.4 Å². The van der Waals surface area contributed by atoms with Gasteiger partial charge in [-0.1, -0.05) is 15.9 Å². The maximum absolute atomic E-state index is 6.35. The smallest absolute Gasteiger partial charge is 0.125 e. The molecule has 118 valence electrons. The summed E-state index contributed by atoms with van der Waals surface area (Å²) in [5.74, 6) is 1.01. The number of ether oxygens (including phenoxy) is 2. The van der Waals surface area contributed by atoms with Crippen molar-refractivity contribution in [2.24, 2.45) is 5.73 Å². The molecule has 0 spiro atoms. The molecule has 2 N–H and O–H groups in total. The molecular formula is C17H26BrNO2. The van der Waals surface area contributed by atoms with Gasteiger partial charge in [0.2, 0.25) is 0 Å². The zero-order valence-electron chi connectivity index (χ0n) is 13.2. The molecule has 0 saturated heterocycles. The van der Waals surface area contributed by atoms with Gasteiger partial charge in [0.1, 0.15) is 11.9 Å². The minimum atomic E-state index is 0.124. The second-order valence-corrected chi connectivity index (χ2v) is 7.07. The van der Waals surface area contributed by atoms with E-state index >= 15 is 0 Å². The van der Waals surface area contributed by atoms with E-state index in [2.05, 4.69) is 35.0 Å². The molecule has 1 aliphatic carbocycles. The van der Waals surface area contributed by atoms with Crippen LogP contribution in [0.1, 0.15) is 43.7 Å². The van der Waals surface area contributed by atoms with E-state index in [0.29, 0.717) is 6.10 Å². The van der Waals surface area contributed by atoms with Crippen LogP contribution in [0.5, 0.6) is 5.75 Å². The van der Waals surface area contributed by atoms with Gasteiger partial charge in [0.25, 0.3) is 0 Å². The largest absolute Gasteiger partial charge is 0.490 e. The third kappa shape index (κ3) is 4.70. The molecule has 0 aromatic heterocycles. The molecule has 1 aromatic rings. The van der Waals surface area contributed by atoms with E-state index in [4.69, 9.17) is 15.2 Å². The van der Waals surface area contributed by atoms with E-state index < -0.39 is 0 Å². The SMILES string of the molecule is COC1CCCC(Oc2c(C)cc(Br)cc2CC(C)N)C1. The standard InChI is InChI=1S/C17H26BrNO2/c1-11-7-14(18)9-13(8-12(2)19)17(11)21-16-6-4-5-15(10-16)20-3/h7,9,12,15-16H,4-6,8,10,19H2,1-3H3. The maximum Gasteiger partial charge on any atom is 0.125 e. The molecule has 4 heteroatoms. The number of rotatable bonds is 5. The summed E-state index contributed by atoms with van der Waals surface area (Å²) >= 11 is 3.57. The summed E-state index contributed by atoms with van der Waals surface area (Å²) < 4.78 is 12.9. The van der Waals surface area contributed by atoms with Crippen LogP contribution in [0.25, 0.3) is 0 Å². The number of hydrogen-bond acceptors (Lipinski definition) is 3. The molecule has 1 saturated carbocycles. The van der Waals surface area contributed by atoms with Crippen LogP contribution in [0.4, 0.5) is 0 Å². The highest BCUT2D eigenvalue weighted by Crippen LogP contribution is 2.32. The lowest BCUT2D eigenvalue weighted by molar-refractivity contribution is 0.0204. The van der Waals surface area contributed by atoms with E-state index in [1.807, 2.05) is 6.92 Å². The second kappa shape index (κ2) is 7.61. The topological polar surface area (TPSA) is 44.5 Å². The monoisotopic (exact) mass is 355 g/mol. The van der Waals surface area contributed by atoms with Crippen LogP contribution in [-0.2, 0) is 11.2 Å². The van der Waals surface area contributed by atoms with Gasteiger partial charge < -0.3 is 15.2 Å². The van der Waals surface area contributed by atoms with Gasteiger partial charge in [-0.25, -0.2) is 0 Å². The van der Waals surface area contributed by atoms with Crippen molar-refractivity contribution in [3.05, 3.63) is 27.7 Å². The quantitative estimate of drug-likeness (QED) is 0.868. The number of halogens is 1. The summed E-state index contributed by atoms with van der Waals surface area (Å²) in [5, 5.41) is 0. The molecule has 21 heavy (non-hydrogen) atoms. The first-order chi connectivity index (χ1) is 9.99. The zero-order valence-corrected chi connectivity index (χ0v) is 14.8. The average Bonchev–Trinajstić information content (AvgIpc) is 2.42. The lowest BCUT2D eigenvalue weighted by atomic mass is 9.94. The fraction of sp³-hybridized carbons (Fsp3) is 0.647. The van der Waals surface area contributed by atoms with Crippen molar-refractivity contribution >= 4 is 15.9 Å². The van der Waals surface area contributed by atoms with Gasteiger partial charge in [0.05, 0.1) is 6.10 Å². The van der Waals surface area contributed by atoms with Crippen LogP contribution < -0.4 is 10.5 Å². The fourth-order valence-electron chi connectivity index (χ4n) is 3.06. The van der Waals surface area contributed by atoms with E-state index in [1.165, 1.54) is 17.5 Å². The van der Waals surface area contributed by atoms with Crippen LogP contribution in [0.2, 0.25) is 0 Å². The molecule has 1 aliphatic rings. The lowest BCUT2D eigenvalue weighted by Gasteiger charge is -2.30. The van der Waals surface area contributed by atoms with Crippen molar-refractivity contribution in [1.29, 1.82) is 0 Å². The summed E-state index contributed by atoms with van der Waals surface area (Å²) in [4.78, 5) is 0. The Labute approximate surface area is 136 Å². The number of nitrogens with two attached hydrogens (primary N) is 1. The van der Waals surface area contributed by atoms with E-state index in [1.54, 1.807) is 7.11 Å². The van der Waals surface area contributed by atoms with Gasteiger partial charge in [-0.3, -0.25) is 0 Å². The van der Waals surface area contributed by atoms with Crippen molar-refractivity contribution < 1.29 is 9.47 Å². The fourth-order valence-corrected chi connectivity index (χ4v) is 3.68. The Morgan fingerprint density at radius 3 is 2.71 bits per heavy atom. The minimum Gasteiger partial charge on any atom is -0.490 e. The van der Waals surface area contributed by atoms with Crippen molar-refractivity contribution in [3.8, 4) is 5.75 Å². The Morgan fingerprint density at radius 2 is 2.05 bits per heavy atom. The number of hydrogen-bond donors (Lipinski definition) is 1. The van der Waals surface area contributed by atoms with Gasteiger partial charge in [-0.2, -0.15) is 0 Å². The summed E-state index contributed by atoms with van der Waals surface area (Å²) in [7, 11) is 1.79. The van der Waals surface area contributed by atoms with Crippen molar-refractivity contribution in [1.82, 2.24) is 0 Å². The van der Waals surface area contributed by atoms with Gasteiger partial charge in [0, 0.05) is 24.0 Å². The molecule has 1 fully saturated rings. The predicted molar refractivity (Wildman–Crippen MR) is 89.9 cm³/mol. The minimum absolute atomic E-state index is 0.124. The molecule has 3 unspecified atom stereocenters. The first-order valence-electron chi connectivity index (χ1n) is 7.73. The molecule has 1 aromatic carbocycles. The highest BCUT2D eigenvalue weighted by molar-refractivity contribution is 9.10. The maximum atomic E-state index is 6.35. The first-order valence-corrected chi connectivity index (χ1v) is 8.53. The third-order valence-electron chi connectivity index (χ3n) is 4.05. The second-order valence-electron chi connectivity index (χ2n) is 6.16. The highest BCUT2D eigenvalue weighted by atomic mass is 79.9. The van der Waals surface area contributed by atoms with Crippen LogP contribution >= 0.6 is 15.9 Å². The average molecular weight is 356 g/mol. The zero-order chi connectivity index (χ0) is 15.4. The molecule has 0 aliphatic heterocycles. The number of benzene rings is 1. The Balaban J connectivity index is 2.17. The predicted octanol–water partition coefficient (Wildman–Crippen LogP) is 3.98. The Morgan fingerprint density at radius 1 is 1.33 bits per heavy atom. The van der Waals surface area contributed by atoms with Crippen LogP contribution in [0, 0.1) is 6.92 Å². The number of aryl methyl sites for hydroxylation is 1. The van der Waals surface area contributed by atoms with Crippen molar-refractivity contribution in [2.75, 3.05) is 7.11 Å². The Kier molecular flexibility index (Phi) is 6.08. The summed E-state index contributed by atoms with van der Waals surface area (Å²) in [5.41, 5.74) is 8.34. The molecular weight excluding hydrogens is 330 g/mol. The van der Waals surface area contributed by atoms with Crippen LogP contribution in [0.3, 0.4) is 0 Å². The van der Waals surface area contributed by atoms with E-state index in [-0.39, 0.29) is 12.1 Å². The normalized spacial score (nSPS) is 23.9.